The molecule has 20 heavy (non-hydrogen) atoms. The number of nitrogens with one attached hydrogen (secondary N) is 1. The van der Waals surface area contributed by atoms with Crippen LogP contribution in [0.3, 0.4) is 0 Å². The molecule has 0 bridgehead atoms. The Hall–Kier alpha value is -2.37. The molecule has 1 aromatic carbocycles. The molecule has 0 saturated carbocycles. The highest BCUT2D eigenvalue weighted by atomic mass is 16.5. The number of nitrogens with two attached hydrogens (primary N) is 1. The predicted molar refractivity (Wildman–Crippen MR) is 78.6 cm³/mol. The van der Waals surface area contributed by atoms with Crippen molar-refractivity contribution >= 4 is 11.9 Å². The van der Waals surface area contributed by atoms with Crippen molar-refractivity contribution in [2.75, 3.05) is 17.7 Å². The van der Waals surface area contributed by atoms with E-state index in [0.717, 1.165) is 6.42 Å². The van der Waals surface area contributed by atoms with Crippen LogP contribution in [0.4, 0.5) is 11.9 Å². The van der Waals surface area contributed by atoms with E-state index in [2.05, 4.69) is 39.3 Å². The van der Waals surface area contributed by atoms with Crippen LogP contribution in [0.25, 0.3) is 0 Å². The number of benzene rings is 1. The molecule has 3 N–H and O–H groups in total. The number of hydrogen-bond donors (Lipinski definition) is 2. The summed E-state index contributed by atoms with van der Waals surface area (Å²) in [6.45, 7) is 5.12. The lowest BCUT2D eigenvalue weighted by Crippen LogP contribution is -2.10. The zero-order valence-corrected chi connectivity index (χ0v) is 11.8. The van der Waals surface area contributed by atoms with Crippen LogP contribution < -0.4 is 15.8 Å². The van der Waals surface area contributed by atoms with E-state index in [-0.39, 0.29) is 12.0 Å². The number of aromatic nitrogens is 3. The first-order chi connectivity index (χ1) is 9.72. The first-order valence-electron chi connectivity index (χ1n) is 6.68. The molecule has 0 radical (unpaired) electrons. The molecule has 0 saturated heterocycles. The quantitative estimate of drug-likeness (QED) is 0.837. The van der Waals surface area contributed by atoms with E-state index in [1.165, 1.54) is 11.1 Å². The van der Waals surface area contributed by atoms with Gasteiger partial charge in [-0.25, -0.2) is 0 Å². The maximum absolute atomic E-state index is 5.63. The molecule has 6 heteroatoms. The van der Waals surface area contributed by atoms with Gasteiger partial charge in [0.25, 0.3) is 0 Å². The van der Waals surface area contributed by atoms with Crippen LogP contribution in [0.5, 0.6) is 6.01 Å². The second-order valence-electron chi connectivity index (χ2n) is 4.21. The van der Waals surface area contributed by atoms with Crippen molar-refractivity contribution in [2.24, 2.45) is 0 Å². The Morgan fingerprint density at radius 3 is 2.55 bits per heavy atom. The molecular formula is C14H19N5O. The second-order valence-corrected chi connectivity index (χ2v) is 4.21. The van der Waals surface area contributed by atoms with E-state index >= 15 is 0 Å². The van der Waals surface area contributed by atoms with Crippen molar-refractivity contribution in [1.82, 2.24) is 15.0 Å². The molecule has 0 aliphatic carbocycles. The topological polar surface area (TPSA) is 86.0 Å². The lowest BCUT2D eigenvalue weighted by Gasteiger charge is -2.10. The summed E-state index contributed by atoms with van der Waals surface area (Å²) in [4.78, 5) is 12.1. The molecule has 1 heterocycles. The Bertz CT molecular complexity index is 573. The fourth-order valence-electron chi connectivity index (χ4n) is 1.89. The van der Waals surface area contributed by atoms with Gasteiger partial charge < -0.3 is 15.8 Å². The zero-order valence-electron chi connectivity index (χ0n) is 11.8. The lowest BCUT2D eigenvalue weighted by molar-refractivity contribution is 0.312. The molecule has 0 amide bonds. The Morgan fingerprint density at radius 2 is 1.85 bits per heavy atom. The minimum absolute atomic E-state index is 0.148. The van der Waals surface area contributed by atoms with Gasteiger partial charge in [-0.2, -0.15) is 15.0 Å². The smallest absolute Gasteiger partial charge is 0.323 e. The molecule has 0 spiro atoms. The normalized spacial score (nSPS) is 10.3. The number of nitrogen functional groups attached to an aromatic ring is 1. The van der Waals surface area contributed by atoms with Crippen LogP contribution >= 0.6 is 0 Å². The van der Waals surface area contributed by atoms with Gasteiger partial charge in [-0.1, -0.05) is 31.2 Å². The summed E-state index contributed by atoms with van der Waals surface area (Å²) in [7, 11) is 0. The van der Waals surface area contributed by atoms with E-state index < -0.39 is 0 Å². The van der Waals surface area contributed by atoms with Gasteiger partial charge in [0.05, 0.1) is 6.61 Å². The molecule has 6 nitrogen and oxygen atoms in total. The molecule has 0 unspecified atom stereocenters. The highest BCUT2D eigenvalue weighted by Gasteiger charge is 2.06. The minimum atomic E-state index is 0.148. The fraction of sp³-hybridized carbons (Fsp3) is 0.357. The Balaban J connectivity index is 2.10. The second kappa shape index (κ2) is 6.70. The molecule has 0 aliphatic heterocycles. The Labute approximate surface area is 118 Å². The first kappa shape index (κ1) is 14.0. The van der Waals surface area contributed by atoms with Gasteiger partial charge in [0, 0.05) is 6.54 Å². The highest BCUT2D eigenvalue weighted by molar-refractivity contribution is 5.36. The SMILES string of the molecule is CCOc1nc(N)nc(NCc2ccccc2CC)n1. The van der Waals surface area contributed by atoms with E-state index in [1.807, 2.05) is 19.1 Å². The highest BCUT2D eigenvalue weighted by Crippen LogP contribution is 2.13. The van der Waals surface area contributed by atoms with Gasteiger partial charge in [0.1, 0.15) is 0 Å². The van der Waals surface area contributed by atoms with Gasteiger partial charge in [0.15, 0.2) is 0 Å². The predicted octanol–water partition coefficient (Wildman–Crippen LogP) is 2.03. The van der Waals surface area contributed by atoms with Crippen LogP contribution in [-0.2, 0) is 13.0 Å². The van der Waals surface area contributed by atoms with Gasteiger partial charge in [-0.3, -0.25) is 0 Å². The number of hydrogen-bond acceptors (Lipinski definition) is 6. The summed E-state index contributed by atoms with van der Waals surface area (Å²) in [6.07, 6.45) is 0.987. The van der Waals surface area contributed by atoms with Crippen LogP contribution in [0.2, 0.25) is 0 Å². The third-order valence-electron chi connectivity index (χ3n) is 2.84. The average molecular weight is 273 g/mol. The van der Waals surface area contributed by atoms with Crippen molar-refractivity contribution in [3.05, 3.63) is 35.4 Å². The number of aryl methyl sites for hydroxylation is 1. The minimum Gasteiger partial charge on any atom is -0.464 e. The number of rotatable bonds is 6. The fourth-order valence-corrected chi connectivity index (χ4v) is 1.89. The van der Waals surface area contributed by atoms with Crippen molar-refractivity contribution in [3.8, 4) is 6.01 Å². The van der Waals surface area contributed by atoms with Gasteiger partial charge in [0.2, 0.25) is 11.9 Å². The summed E-state index contributed by atoms with van der Waals surface area (Å²) in [5.74, 6) is 0.571. The molecule has 0 aliphatic rings. The summed E-state index contributed by atoms with van der Waals surface area (Å²) < 4.78 is 5.24. The zero-order chi connectivity index (χ0) is 14.4. The molecular weight excluding hydrogens is 254 g/mol. The monoisotopic (exact) mass is 273 g/mol. The van der Waals surface area contributed by atoms with E-state index in [1.54, 1.807) is 0 Å². The van der Waals surface area contributed by atoms with E-state index in [0.29, 0.717) is 19.1 Å². The van der Waals surface area contributed by atoms with Gasteiger partial charge in [-0.15, -0.1) is 0 Å². The standard InChI is InChI=1S/C14H19N5O/c1-3-10-7-5-6-8-11(10)9-16-13-17-12(15)18-14(19-13)20-4-2/h5-8H,3-4,9H2,1-2H3,(H3,15,16,17,18,19). The third kappa shape index (κ3) is 3.57. The van der Waals surface area contributed by atoms with E-state index in [9.17, 15) is 0 Å². The van der Waals surface area contributed by atoms with Gasteiger partial charge >= 0.3 is 6.01 Å². The number of ether oxygens (including phenoxy) is 1. The summed E-state index contributed by atoms with van der Waals surface area (Å²) >= 11 is 0. The largest absolute Gasteiger partial charge is 0.464 e. The lowest BCUT2D eigenvalue weighted by atomic mass is 10.1. The molecule has 2 aromatic rings. The van der Waals surface area contributed by atoms with Crippen LogP contribution in [0.1, 0.15) is 25.0 Å². The maximum atomic E-state index is 5.63. The van der Waals surface area contributed by atoms with Gasteiger partial charge in [-0.05, 0) is 24.5 Å². The Kier molecular flexibility index (Phi) is 4.70. The van der Waals surface area contributed by atoms with Crippen LogP contribution in [0.15, 0.2) is 24.3 Å². The van der Waals surface area contributed by atoms with Crippen LogP contribution in [0, 0.1) is 0 Å². The first-order valence-corrected chi connectivity index (χ1v) is 6.68. The molecule has 106 valence electrons. The number of nitrogens with zero attached hydrogens (tertiary/aromatic N) is 3. The van der Waals surface area contributed by atoms with Crippen molar-refractivity contribution in [3.63, 3.8) is 0 Å². The average Bonchev–Trinajstić information content (AvgIpc) is 2.45. The maximum Gasteiger partial charge on any atom is 0.323 e. The van der Waals surface area contributed by atoms with Crippen molar-refractivity contribution in [2.45, 2.75) is 26.8 Å². The molecule has 1 aromatic heterocycles. The molecule has 0 atom stereocenters. The molecule has 2 rings (SSSR count). The number of anilines is 2. The molecule has 0 fully saturated rings. The van der Waals surface area contributed by atoms with E-state index in [4.69, 9.17) is 10.5 Å². The third-order valence-corrected chi connectivity index (χ3v) is 2.84. The van der Waals surface area contributed by atoms with Crippen molar-refractivity contribution < 1.29 is 4.74 Å². The summed E-state index contributed by atoms with van der Waals surface area (Å²) in [5.41, 5.74) is 8.15. The van der Waals surface area contributed by atoms with Crippen molar-refractivity contribution in [1.29, 1.82) is 0 Å². The van der Waals surface area contributed by atoms with Crippen LogP contribution in [-0.4, -0.2) is 21.6 Å². The Morgan fingerprint density at radius 1 is 1.10 bits per heavy atom. The summed E-state index contributed by atoms with van der Waals surface area (Å²) in [5, 5.41) is 3.15. The summed E-state index contributed by atoms with van der Waals surface area (Å²) in [6, 6.07) is 8.50.